The topological polar surface area (TPSA) is 91.5 Å². The fourth-order valence-electron chi connectivity index (χ4n) is 3.13. The number of nitrogens with zero attached hydrogens (tertiary/aromatic N) is 3. The van der Waals surface area contributed by atoms with Crippen LogP contribution < -0.4 is 10.2 Å². The highest BCUT2D eigenvalue weighted by molar-refractivity contribution is 7.99. The Morgan fingerprint density at radius 1 is 1.21 bits per heavy atom. The molecule has 2 N–H and O–H groups in total. The third-order valence-electron chi connectivity index (χ3n) is 4.50. The molecule has 144 valence electrons. The first-order chi connectivity index (χ1) is 13.7. The van der Waals surface area contributed by atoms with Crippen molar-refractivity contribution in [1.29, 1.82) is 0 Å². The molecule has 28 heavy (non-hydrogen) atoms. The van der Waals surface area contributed by atoms with Crippen molar-refractivity contribution in [2.45, 2.75) is 12.2 Å². The number of carbonyl (C=O) groups is 1. The normalized spacial score (nSPS) is 14.9. The van der Waals surface area contributed by atoms with Gasteiger partial charge in [-0.1, -0.05) is 25.1 Å². The first-order valence-electron chi connectivity index (χ1n) is 9.06. The van der Waals surface area contributed by atoms with Crippen molar-refractivity contribution in [1.82, 2.24) is 15.5 Å². The van der Waals surface area contributed by atoms with E-state index in [1.807, 2.05) is 43.3 Å². The molecule has 2 aromatic carbocycles. The van der Waals surface area contributed by atoms with Crippen LogP contribution in [0.2, 0.25) is 0 Å². The fraction of sp³-hybridized carbons (Fsp3) is 0.250. The van der Waals surface area contributed by atoms with Gasteiger partial charge in [-0.3, -0.25) is 4.90 Å². The molecule has 1 aliphatic rings. The number of para-hydroxylation sites is 1. The lowest BCUT2D eigenvalue weighted by Crippen LogP contribution is -2.27. The Hall–Kier alpha value is -3.00. The average Bonchev–Trinajstić information content (AvgIpc) is 3.36. The molecular formula is C20H20N4O3S. The minimum absolute atomic E-state index is 0.0880. The van der Waals surface area contributed by atoms with Crippen LogP contribution in [0.5, 0.6) is 5.75 Å². The summed E-state index contributed by atoms with van der Waals surface area (Å²) in [4.78, 5) is 13.5. The summed E-state index contributed by atoms with van der Waals surface area (Å²) in [6.45, 7) is 3.35. The molecule has 1 saturated heterocycles. The molecule has 3 aromatic rings. The number of aromatic nitrogens is 2. The van der Waals surface area contributed by atoms with Crippen LogP contribution in [0.15, 0.2) is 52.9 Å². The fourth-order valence-corrected chi connectivity index (χ4v) is 4.08. The van der Waals surface area contributed by atoms with Gasteiger partial charge in [0.05, 0.1) is 0 Å². The molecule has 8 heteroatoms. The molecule has 1 fully saturated rings. The van der Waals surface area contributed by atoms with E-state index in [1.54, 1.807) is 28.8 Å². The first-order valence-corrected chi connectivity index (χ1v) is 10.1. The Morgan fingerprint density at radius 2 is 2.00 bits per heavy atom. The number of anilines is 1. The number of benzene rings is 2. The molecule has 1 aliphatic heterocycles. The zero-order chi connectivity index (χ0) is 19.5. The number of nitrogens with one attached hydrogen (secondary N) is 1. The van der Waals surface area contributed by atoms with Crippen LogP contribution in [0.3, 0.4) is 0 Å². The third-order valence-corrected chi connectivity index (χ3v) is 5.62. The molecule has 0 radical (unpaired) electrons. The summed E-state index contributed by atoms with van der Waals surface area (Å²) in [6.07, 6.45) is 0. The van der Waals surface area contributed by atoms with Crippen LogP contribution >= 0.6 is 11.8 Å². The predicted octanol–water partition coefficient (Wildman–Crippen LogP) is 3.81. The zero-order valence-corrected chi connectivity index (χ0v) is 16.1. The highest BCUT2D eigenvalue weighted by Crippen LogP contribution is 2.39. The Kier molecular flexibility index (Phi) is 5.21. The number of hydrogen-bond acceptors (Lipinski definition) is 6. The van der Waals surface area contributed by atoms with Crippen LogP contribution in [0.1, 0.15) is 23.6 Å². The van der Waals surface area contributed by atoms with Crippen molar-refractivity contribution in [3.8, 4) is 17.2 Å². The molecule has 2 amide bonds. The number of amides is 2. The number of rotatable bonds is 6. The third kappa shape index (κ3) is 3.55. The standard InChI is InChI=1S/C20H20N4O3S/c1-2-28-17(15-5-3-4-6-16(15)25)19-23-22-18(27-19)13-7-9-14(10-8-13)24-12-11-21-20(24)26/h3-10,17,25H,2,11-12H2,1H3,(H,21,26). The SMILES string of the molecule is CCSC(c1nnc(-c2ccc(N3CCNC3=O)cc2)o1)c1ccccc1O. The zero-order valence-electron chi connectivity index (χ0n) is 15.3. The summed E-state index contributed by atoms with van der Waals surface area (Å²) in [5.74, 6) is 1.90. The van der Waals surface area contributed by atoms with Gasteiger partial charge in [-0.2, -0.15) is 0 Å². The molecule has 2 heterocycles. The largest absolute Gasteiger partial charge is 0.508 e. The van der Waals surface area contributed by atoms with Crippen molar-refractivity contribution in [3.63, 3.8) is 0 Å². The van der Waals surface area contributed by atoms with Gasteiger partial charge in [0.2, 0.25) is 11.8 Å². The van der Waals surface area contributed by atoms with Crippen molar-refractivity contribution in [3.05, 3.63) is 60.0 Å². The maximum atomic E-state index is 11.8. The van der Waals surface area contributed by atoms with Crippen molar-refractivity contribution in [2.24, 2.45) is 0 Å². The van der Waals surface area contributed by atoms with E-state index >= 15 is 0 Å². The number of hydrogen-bond donors (Lipinski definition) is 2. The second-order valence-corrected chi connectivity index (χ2v) is 7.65. The van der Waals surface area contributed by atoms with Crippen molar-refractivity contribution >= 4 is 23.5 Å². The van der Waals surface area contributed by atoms with Gasteiger partial charge in [0.15, 0.2) is 0 Å². The van der Waals surface area contributed by atoms with Gasteiger partial charge in [-0.25, -0.2) is 4.79 Å². The maximum Gasteiger partial charge on any atom is 0.321 e. The van der Waals surface area contributed by atoms with Gasteiger partial charge in [-0.05, 0) is 36.1 Å². The van der Waals surface area contributed by atoms with Crippen LogP contribution in [-0.2, 0) is 0 Å². The van der Waals surface area contributed by atoms with Gasteiger partial charge in [0.25, 0.3) is 0 Å². The average molecular weight is 396 g/mol. The molecule has 1 atom stereocenters. The van der Waals surface area contributed by atoms with E-state index in [9.17, 15) is 9.90 Å². The van der Waals surface area contributed by atoms with E-state index in [0.717, 1.165) is 22.6 Å². The summed E-state index contributed by atoms with van der Waals surface area (Å²) in [5, 5.41) is 21.2. The number of phenolic OH excluding ortho intramolecular Hbond substituents is 1. The molecule has 0 bridgehead atoms. The Balaban J connectivity index is 1.59. The highest BCUT2D eigenvalue weighted by Gasteiger charge is 2.24. The van der Waals surface area contributed by atoms with Gasteiger partial charge < -0.3 is 14.8 Å². The summed E-state index contributed by atoms with van der Waals surface area (Å²) in [7, 11) is 0. The second kappa shape index (κ2) is 7.93. The Bertz CT molecular complexity index is 974. The highest BCUT2D eigenvalue weighted by atomic mass is 32.2. The van der Waals surface area contributed by atoms with Crippen LogP contribution in [0, 0.1) is 0 Å². The lowest BCUT2D eigenvalue weighted by atomic mass is 10.1. The summed E-state index contributed by atoms with van der Waals surface area (Å²) in [5.41, 5.74) is 2.35. The molecule has 0 spiro atoms. The second-order valence-electron chi connectivity index (χ2n) is 6.27. The molecular weight excluding hydrogens is 376 g/mol. The van der Waals surface area contributed by atoms with E-state index in [0.29, 0.717) is 24.9 Å². The maximum absolute atomic E-state index is 11.8. The molecule has 0 aliphatic carbocycles. The van der Waals surface area contributed by atoms with Gasteiger partial charge in [0.1, 0.15) is 11.0 Å². The Morgan fingerprint density at radius 3 is 2.68 bits per heavy atom. The molecule has 0 saturated carbocycles. The van der Waals surface area contributed by atoms with Gasteiger partial charge >= 0.3 is 6.03 Å². The monoisotopic (exact) mass is 396 g/mol. The smallest absolute Gasteiger partial charge is 0.321 e. The number of carbonyl (C=O) groups excluding carboxylic acids is 1. The minimum Gasteiger partial charge on any atom is -0.508 e. The van der Waals surface area contributed by atoms with Gasteiger partial charge in [-0.15, -0.1) is 22.0 Å². The van der Waals surface area contributed by atoms with Crippen molar-refractivity contribution in [2.75, 3.05) is 23.7 Å². The molecule has 1 aromatic heterocycles. The number of urea groups is 1. The Labute approximate surface area is 166 Å². The van der Waals surface area contributed by atoms with E-state index < -0.39 is 0 Å². The predicted molar refractivity (Wildman–Crippen MR) is 109 cm³/mol. The van der Waals surface area contributed by atoms with E-state index in [-0.39, 0.29) is 17.0 Å². The summed E-state index contributed by atoms with van der Waals surface area (Å²) in [6, 6.07) is 14.6. The van der Waals surface area contributed by atoms with E-state index in [4.69, 9.17) is 4.42 Å². The van der Waals surface area contributed by atoms with E-state index in [2.05, 4.69) is 15.5 Å². The van der Waals surface area contributed by atoms with Crippen LogP contribution in [0.4, 0.5) is 10.5 Å². The quantitative estimate of drug-likeness (QED) is 0.658. The van der Waals surface area contributed by atoms with E-state index in [1.165, 1.54) is 0 Å². The van der Waals surface area contributed by atoms with Crippen LogP contribution in [-0.4, -0.2) is 40.2 Å². The first kappa shape index (κ1) is 18.4. The van der Waals surface area contributed by atoms with Gasteiger partial charge in [0, 0.05) is 29.9 Å². The van der Waals surface area contributed by atoms with Crippen LogP contribution in [0.25, 0.3) is 11.5 Å². The number of aromatic hydroxyl groups is 1. The lowest BCUT2D eigenvalue weighted by molar-refractivity contribution is 0.252. The van der Waals surface area contributed by atoms with Crippen molar-refractivity contribution < 1.29 is 14.3 Å². The summed E-state index contributed by atoms with van der Waals surface area (Å²) < 4.78 is 5.93. The lowest BCUT2D eigenvalue weighted by Gasteiger charge is -2.14. The number of thioether (sulfide) groups is 1. The molecule has 4 rings (SSSR count). The molecule has 7 nitrogen and oxygen atoms in total. The molecule has 1 unspecified atom stereocenters. The number of phenols is 1. The summed E-state index contributed by atoms with van der Waals surface area (Å²) >= 11 is 1.62. The minimum atomic E-state index is -0.236.